The maximum Gasteiger partial charge on any atom is 0.293 e. The third-order valence-electron chi connectivity index (χ3n) is 3.12. The number of hydrogen-bond acceptors (Lipinski definition) is 4. The summed E-state index contributed by atoms with van der Waals surface area (Å²) < 4.78 is 5.45. The monoisotopic (exact) mass is 301 g/mol. The van der Waals surface area contributed by atoms with Gasteiger partial charge in [0.15, 0.2) is 5.58 Å². The van der Waals surface area contributed by atoms with Crippen LogP contribution in [0.5, 0.6) is 0 Å². The third-order valence-corrected chi connectivity index (χ3v) is 3.53. The van der Waals surface area contributed by atoms with Gasteiger partial charge in [-0.1, -0.05) is 17.7 Å². The number of hydrogen-bond donors (Lipinski definition) is 2. The molecule has 0 aliphatic rings. The zero-order valence-electron chi connectivity index (χ0n) is 11.2. The second-order valence-corrected chi connectivity index (χ2v) is 5.02. The summed E-state index contributed by atoms with van der Waals surface area (Å²) in [5.41, 5.74) is 8.58. The second-order valence-electron chi connectivity index (χ2n) is 4.61. The van der Waals surface area contributed by atoms with Crippen LogP contribution in [0.2, 0.25) is 5.02 Å². The van der Waals surface area contributed by atoms with Gasteiger partial charge in [0.05, 0.1) is 0 Å². The minimum Gasteiger partial charge on any atom is -0.447 e. The van der Waals surface area contributed by atoms with E-state index >= 15 is 0 Å². The van der Waals surface area contributed by atoms with Gasteiger partial charge in [0, 0.05) is 16.9 Å². The minimum atomic E-state index is -0.439. The Kier molecular flexibility index (Phi) is 3.27. The molecule has 0 aliphatic carbocycles. The van der Waals surface area contributed by atoms with Gasteiger partial charge in [-0.15, -0.1) is 0 Å². The van der Waals surface area contributed by atoms with Crippen LogP contribution >= 0.6 is 11.6 Å². The predicted octanol–water partition coefficient (Wildman–Crippen LogP) is 3.62. The maximum atomic E-state index is 12.2. The van der Waals surface area contributed by atoms with Gasteiger partial charge in [-0.25, -0.2) is 0 Å². The smallest absolute Gasteiger partial charge is 0.293 e. The first-order chi connectivity index (χ1) is 10.1. The highest BCUT2D eigenvalue weighted by Crippen LogP contribution is 2.27. The summed E-state index contributed by atoms with van der Waals surface area (Å²) in [6.07, 6.45) is 1.59. The van der Waals surface area contributed by atoms with Crippen molar-refractivity contribution >= 4 is 40.0 Å². The number of aromatic nitrogens is 1. The number of nitrogens with two attached hydrogens (primary N) is 1. The van der Waals surface area contributed by atoms with E-state index in [0.29, 0.717) is 21.8 Å². The maximum absolute atomic E-state index is 12.2. The zero-order valence-corrected chi connectivity index (χ0v) is 11.9. The summed E-state index contributed by atoms with van der Waals surface area (Å²) in [5, 5.41) is 3.28. The van der Waals surface area contributed by atoms with Crippen LogP contribution in [-0.2, 0) is 0 Å². The standard InChI is InChI=1S/C15H12ClN3O2/c1-8-4-5-9(7-10(8)16)19-15(20)14-12(17)13-11(21-14)3-2-6-18-13/h2-7H,17H2,1H3,(H,19,20). The molecule has 1 amide bonds. The number of carbonyl (C=O) groups excluding carboxylic acids is 1. The van der Waals surface area contributed by atoms with Crippen LogP contribution in [0.15, 0.2) is 40.9 Å². The van der Waals surface area contributed by atoms with Crippen LogP contribution in [0, 0.1) is 6.92 Å². The van der Waals surface area contributed by atoms with Gasteiger partial charge in [-0.05, 0) is 36.8 Å². The minimum absolute atomic E-state index is 0.0420. The van der Waals surface area contributed by atoms with E-state index in [1.54, 1.807) is 30.5 Å². The van der Waals surface area contributed by atoms with Gasteiger partial charge in [0.2, 0.25) is 5.76 Å². The molecule has 0 saturated carbocycles. The fourth-order valence-electron chi connectivity index (χ4n) is 1.97. The van der Waals surface area contributed by atoms with Crippen LogP contribution in [-0.4, -0.2) is 10.9 Å². The Labute approximate surface area is 125 Å². The summed E-state index contributed by atoms with van der Waals surface area (Å²) in [4.78, 5) is 16.3. The molecule has 106 valence electrons. The molecule has 2 aromatic heterocycles. The fraction of sp³-hybridized carbons (Fsp3) is 0.0667. The number of benzene rings is 1. The van der Waals surface area contributed by atoms with Gasteiger partial charge in [-0.2, -0.15) is 0 Å². The molecule has 0 fully saturated rings. The molecule has 0 spiro atoms. The second kappa shape index (κ2) is 5.10. The molecule has 5 nitrogen and oxygen atoms in total. The van der Waals surface area contributed by atoms with Gasteiger partial charge in [0.1, 0.15) is 11.2 Å². The number of aryl methyl sites for hydroxylation is 1. The molecule has 0 aliphatic heterocycles. The molecule has 0 bridgehead atoms. The fourth-order valence-corrected chi connectivity index (χ4v) is 2.16. The number of nitrogens with zero attached hydrogens (tertiary/aromatic N) is 1. The highest BCUT2D eigenvalue weighted by Gasteiger charge is 2.19. The zero-order chi connectivity index (χ0) is 15.0. The van der Waals surface area contributed by atoms with Gasteiger partial charge in [0.25, 0.3) is 5.91 Å². The molecular formula is C15H12ClN3O2. The van der Waals surface area contributed by atoms with Crippen molar-refractivity contribution in [2.45, 2.75) is 6.92 Å². The van der Waals surface area contributed by atoms with Crippen molar-refractivity contribution in [2.75, 3.05) is 11.1 Å². The van der Waals surface area contributed by atoms with Crippen molar-refractivity contribution < 1.29 is 9.21 Å². The van der Waals surface area contributed by atoms with E-state index in [2.05, 4.69) is 10.3 Å². The lowest BCUT2D eigenvalue weighted by Crippen LogP contribution is -2.12. The first kappa shape index (κ1) is 13.5. The highest BCUT2D eigenvalue weighted by atomic mass is 35.5. The Morgan fingerprint density at radius 3 is 2.90 bits per heavy atom. The first-order valence-electron chi connectivity index (χ1n) is 6.27. The highest BCUT2D eigenvalue weighted by molar-refractivity contribution is 6.31. The number of rotatable bonds is 2. The number of fused-ring (bicyclic) bond motifs is 1. The van der Waals surface area contributed by atoms with Gasteiger partial charge < -0.3 is 15.5 Å². The molecule has 0 unspecified atom stereocenters. The van der Waals surface area contributed by atoms with Crippen molar-refractivity contribution in [3.05, 3.63) is 52.9 Å². The molecule has 6 heteroatoms. The van der Waals surface area contributed by atoms with E-state index in [1.807, 2.05) is 13.0 Å². The molecule has 3 aromatic rings. The first-order valence-corrected chi connectivity index (χ1v) is 6.64. The average molecular weight is 302 g/mol. The van der Waals surface area contributed by atoms with Gasteiger partial charge >= 0.3 is 0 Å². The van der Waals surface area contributed by atoms with Crippen LogP contribution < -0.4 is 11.1 Å². The van der Waals surface area contributed by atoms with Crippen molar-refractivity contribution in [1.29, 1.82) is 0 Å². The number of halogens is 1. The Hall–Kier alpha value is -2.53. The number of carbonyl (C=O) groups is 1. The van der Waals surface area contributed by atoms with Crippen molar-refractivity contribution in [3.63, 3.8) is 0 Å². The van der Waals surface area contributed by atoms with Gasteiger partial charge in [-0.3, -0.25) is 9.78 Å². The molecule has 1 aromatic carbocycles. The van der Waals surface area contributed by atoms with Crippen LogP contribution in [0.25, 0.3) is 11.1 Å². The Morgan fingerprint density at radius 1 is 1.38 bits per heavy atom. The quantitative estimate of drug-likeness (QED) is 0.757. The molecule has 0 radical (unpaired) electrons. The summed E-state index contributed by atoms with van der Waals surface area (Å²) in [5.74, 6) is -0.397. The van der Waals surface area contributed by atoms with E-state index in [-0.39, 0.29) is 11.4 Å². The van der Waals surface area contributed by atoms with Crippen molar-refractivity contribution in [2.24, 2.45) is 0 Å². The van der Waals surface area contributed by atoms with Crippen molar-refractivity contribution in [3.8, 4) is 0 Å². The molecule has 0 saturated heterocycles. The molecule has 3 N–H and O–H groups in total. The Bertz CT molecular complexity index is 842. The lowest BCUT2D eigenvalue weighted by Gasteiger charge is -2.05. The number of nitrogen functional groups attached to an aromatic ring is 1. The largest absolute Gasteiger partial charge is 0.447 e. The summed E-state index contributed by atoms with van der Waals surface area (Å²) >= 11 is 6.03. The van der Waals surface area contributed by atoms with E-state index in [0.717, 1.165) is 5.56 Å². The molecular weight excluding hydrogens is 290 g/mol. The molecule has 0 atom stereocenters. The van der Waals surface area contributed by atoms with E-state index in [1.165, 1.54) is 0 Å². The van der Waals surface area contributed by atoms with E-state index in [4.69, 9.17) is 21.8 Å². The van der Waals surface area contributed by atoms with E-state index < -0.39 is 5.91 Å². The third kappa shape index (κ3) is 2.43. The normalized spacial score (nSPS) is 10.8. The number of anilines is 2. The number of amides is 1. The lowest BCUT2D eigenvalue weighted by molar-refractivity contribution is 0.1000. The van der Waals surface area contributed by atoms with Crippen LogP contribution in [0.1, 0.15) is 16.1 Å². The summed E-state index contributed by atoms with van der Waals surface area (Å²) in [6.45, 7) is 1.89. The van der Waals surface area contributed by atoms with E-state index in [9.17, 15) is 4.79 Å². The Morgan fingerprint density at radius 2 is 2.19 bits per heavy atom. The predicted molar refractivity (Wildman–Crippen MR) is 82.6 cm³/mol. The Balaban J connectivity index is 1.93. The number of pyridine rings is 1. The summed E-state index contributed by atoms with van der Waals surface area (Å²) in [6, 6.07) is 8.68. The molecule has 21 heavy (non-hydrogen) atoms. The SMILES string of the molecule is Cc1ccc(NC(=O)c2oc3cccnc3c2N)cc1Cl. The summed E-state index contributed by atoms with van der Waals surface area (Å²) in [7, 11) is 0. The molecule has 2 heterocycles. The average Bonchev–Trinajstić information content (AvgIpc) is 2.81. The number of nitrogens with one attached hydrogen (secondary N) is 1. The number of furan rings is 1. The lowest BCUT2D eigenvalue weighted by atomic mass is 10.2. The van der Waals surface area contributed by atoms with Crippen molar-refractivity contribution in [1.82, 2.24) is 4.98 Å². The van der Waals surface area contributed by atoms with Crippen LogP contribution in [0.4, 0.5) is 11.4 Å². The van der Waals surface area contributed by atoms with Crippen LogP contribution in [0.3, 0.4) is 0 Å². The topological polar surface area (TPSA) is 81.2 Å². The molecule has 3 rings (SSSR count).